The Morgan fingerprint density at radius 1 is 1.24 bits per heavy atom. The second-order valence-corrected chi connectivity index (χ2v) is 8.87. The average molecular weight is 425 g/mol. The quantitative estimate of drug-likeness (QED) is 0.321. The van der Waals surface area contributed by atoms with Crippen molar-refractivity contribution in [2.24, 2.45) is 4.99 Å². The summed E-state index contributed by atoms with van der Waals surface area (Å²) in [6.07, 6.45) is 3.78. The van der Waals surface area contributed by atoms with Crippen LogP contribution in [-0.4, -0.2) is 61.9 Å². The first-order chi connectivity index (χ1) is 13.9. The van der Waals surface area contributed by atoms with Crippen molar-refractivity contribution < 1.29 is 9.53 Å². The van der Waals surface area contributed by atoms with Gasteiger partial charge in [0.05, 0.1) is 5.69 Å². The van der Waals surface area contributed by atoms with Gasteiger partial charge in [-0.25, -0.2) is 9.78 Å². The van der Waals surface area contributed by atoms with E-state index in [1.54, 1.807) is 11.3 Å². The van der Waals surface area contributed by atoms with Gasteiger partial charge in [0.25, 0.3) is 0 Å². The number of carbonyl (C=O) groups is 1. The third-order valence-corrected chi connectivity index (χ3v) is 5.16. The number of aromatic nitrogens is 1. The maximum Gasteiger partial charge on any atom is 0.407 e. The number of thiazole rings is 1. The molecule has 0 spiro atoms. The third kappa shape index (κ3) is 9.34. The van der Waals surface area contributed by atoms with Gasteiger partial charge in [0, 0.05) is 51.1 Å². The van der Waals surface area contributed by atoms with Crippen LogP contribution in [-0.2, 0) is 11.2 Å². The highest BCUT2D eigenvalue weighted by atomic mass is 32.1. The van der Waals surface area contributed by atoms with Crippen molar-refractivity contribution >= 4 is 28.5 Å². The van der Waals surface area contributed by atoms with Crippen LogP contribution in [0.1, 0.15) is 52.7 Å². The van der Waals surface area contributed by atoms with Gasteiger partial charge in [-0.3, -0.25) is 4.99 Å². The van der Waals surface area contributed by atoms with Crippen LogP contribution in [0.15, 0.2) is 10.4 Å². The summed E-state index contributed by atoms with van der Waals surface area (Å²) in [5.41, 5.74) is 0.651. The molecule has 0 aromatic carbocycles. The molecule has 1 fully saturated rings. The van der Waals surface area contributed by atoms with E-state index in [1.165, 1.54) is 12.8 Å². The Kier molecular flexibility index (Phi) is 9.50. The number of hydrogen-bond acceptors (Lipinski definition) is 6. The number of carbonyl (C=O) groups excluding carboxylic acids is 1. The molecule has 164 valence electrons. The van der Waals surface area contributed by atoms with Crippen LogP contribution in [0.5, 0.6) is 0 Å². The molecule has 3 N–H and O–H groups in total. The van der Waals surface area contributed by atoms with E-state index in [1.807, 2.05) is 27.7 Å². The van der Waals surface area contributed by atoms with Gasteiger partial charge in [-0.1, -0.05) is 0 Å². The lowest BCUT2D eigenvalue weighted by molar-refractivity contribution is 0.0527. The zero-order valence-electron chi connectivity index (χ0n) is 18.2. The number of nitrogens with one attached hydrogen (secondary N) is 3. The number of ether oxygens (including phenoxy) is 1. The molecule has 1 aliphatic heterocycles. The highest BCUT2D eigenvalue weighted by Crippen LogP contribution is 2.24. The standard InChI is InChI=1S/C20H36N6O2S/c1-5-21-17(22-10-8-11-24-19(27)28-20(2,3)4)23-12-9-16-15-29-18(25-16)26-13-6-7-14-26/h15H,5-14H2,1-4H3,(H,24,27)(H2,21,22,23). The summed E-state index contributed by atoms with van der Waals surface area (Å²) in [6, 6.07) is 0. The van der Waals surface area contributed by atoms with Crippen LogP contribution < -0.4 is 20.9 Å². The van der Waals surface area contributed by atoms with Crippen molar-refractivity contribution in [3.8, 4) is 0 Å². The lowest BCUT2D eigenvalue weighted by Crippen LogP contribution is -2.38. The average Bonchev–Trinajstić information content (AvgIpc) is 3.31. The molecule has 1 aromatic heterocycles. The number of aliphatic imine (C=N–C) groups is 1. The first-order valence-electron chi connectivity index (χ1n) is 10.6. The van der Waals surface area contributed by atoms with Crippen molar-refractivity contribution in [2.75, 3.05) is 44.2 Å². The molecule has 0 bridgehead atoms. The van der Waals surface area contributed by atoms with Crippen LogP contribution >= 0.6 is 11.3 Å². The molecule has 1 amide bonds. The molecule has 0 aliphatic carbocycles. The minimum atomic E-state index is -0.475. The molecule has 0 saturated carbocycles. The smallest absolute Gasteiger partial charge is 0.407 e. The Bertz CT molecular complexity index is 650. The predicted octanol–water partition coefficient (Wildman–Crippen LogP) is 2.76. The largest absolute Gasteiger partial charge is 0.444 e. The van der Waals surface area contributed by atoms with Gasteiger partial charge in [0.2, 0.25) is 0 Å². The van der Waals surface area contributed by atoms with Gasteiger partial charge in [0.15, 0.2) is 11.1 Å². The van der Waals surface area contributed by atoms with Crippen LogP contribution in [0.25, 0.3) is 0 Å². The molecule has 1 saturated heterocycles. The lowest BCUT2D eigenvalue weighted by atomic mass is 10.2. The number of guanidine groups is 1. The van der Waals surface area contributed by atoms with Crippen LogP contribution in [0.4, 0.5) is 9.93 Å². The van der Waals surface area contributed by atoms with Crippen molar-refractivity contribution in [1.29, 1.82) is 0 Å². The van der Waals surface area contributed by atoms with Crippen LogP contribution in [0.3, 0.4) is 0 Å². The van der Waals surface area contributed by atoms with Crippen molar-refractivity contribution in [3.63, 3.8) is 0 Å². The second-order valence-electron chi connectivity index (χ2n) is 8.04. The summed E-state index contributed by atoms with van der Waals surface area (Å²) in [7, 11) is 0. The summed E-state index contributed by atoms with van der Waals surface area (Å²) in [6.45, 7) is 12.6. The van der Waals surface area contributed by atoms with Gasteiger partial charge < -0.3 is 25.6 Å². The van der Waals surface area contributed by atoms with Crippen molar-refractivity contribution in [3.05, 3.63) is 11.1 Å². The number of amides is 1. The molecule has 29 heavy (non-hydrogen) atoms. The third-order valence-electron chi connectivity index (χ3n) is 4.21. The summed E-state index contributed by atoms with van der Waals surface area (Å²) in [5, 5.41) is 12.7. The second kappa shape index (κ2) is 11.8. The Labute approximate surface area is 178 Å². The minimum Gasteiger partial charge on any atom is -0.444 e. The topological polar surface area (TPSA) is 90.9 Å². The molecule has 0 radical (unpaired) electrons. The highest BCUT2D eigenvalue weighted by molar-refractivity contribution is 7.13. The molecule has 9 heteroatoms. The van der Waals surface area contributed by atoms with Gasteiger partial charge >= 0.3 is 6.09 Å². The van der Waals surface area contributed by atoms with E-state index < -0.39 is 5.60 Å². The minimum absolute atomic E-state index is 0.386. The molecular formula is C20H36N6O2S. The van der Waals surface area contributed by atoms with E-state index in [4.69, 9.17) is 9.72 Å². The summed E-state index contributed by atoms with van der Waals surface area (Å²) in [4.78, 5) is 23.3. The van der Waals surface area contributed by atoms with Crippen LogP contribution in [0.2, 0.25) is 0 Å². The Hall–Kier alpha value is -2.03. The number of rotatable bonds is 9. The van der Waals surface area contributed by atoms with E-state index in [9.17, 15) is 4.79 Å². The SMILES string of the molecule is CCNC(=NCCCNC(=O)OC(C)(C)C)NCCc1csc(N2CCCC2)n1. The maximum atomic E-state index is 11.6. The molecule has 0 atom stereocenters. The molecular weight excluding hydrogens is 388 g/mol. The van der Waals surface area contributed by atoms with Crippen LogP contribution in [0, 0.1) is 0 Å². The summed E-state index contributed by atoms with van der Waals surface area (Å²) >= 11 is 1.74. The fraction of sp³-hybridized carbons (Fsp3) is 0.750. The molecule has 8 nitrogen and oxygen atoms in total. The molecule has 2 rings (SSSR count). The number of anilines is 1. The van der Waals surface area contributed by atoms with Crippen molar-refractivity contribution in [1.82, 2.24) is 20.9 Å². The zero-order valence-corrected chi connectivity index (χ0v) is 19.0. The van der Waals surface area contributed by atoms with E-state index in [0.717, 1.165) is 55.8 Å². The lowest BCUT2D eigenvalue weighted by Gasteiger charge is -2.19. The van der Waals surface area contributed by atoms with Gasteiger partial charge in [-0.2, -0.15) is 0 Å². The Balaban J connectivity index is 1.66. The highest BCUT2D eigenvalue weighted by Gasteiger charge is 2.16. The Morgan fingerprint density at radius 3 is 2.69 bits per heavy atom. The molecule has 2 heterocycles. The predicted molar refractivity (Wildman–Crippen MR) is 120 cm³/mol. The maximum absolute atomic E-state index is 11.6. The first-order valence-corrected chi connectivity index (χ1v) is 11.4. The van der Waals surface area contributed by atoms with Crippen molar-refractivity contribution in [2.45, 2.75) is 59.0 Å². The summed E-state index contributed by atoms with van der Waals surface area (Å²) in [5.74, 6) is 0.791. The van der Waals surface area contributed by atoms with Gasteiger partial charge in [-0.15, -0.1) is 11.3 Å². The van der Waals surface area contributed by atoms with Gasteiger partial charge in [-0.05, 0) is 47.0 Å². The number of hydrogen-bond donors (Lipinski definition) is 3. The fourth-order valence-corrected chi connectivity index (χ4v) is 3.80. The van der Waals surface area contributed by atoms with E-state index in [0.29, 0.717) is 13.1 Å². The fourth-order valence-electron chi connectivity index (χ4n) is 2.89. The number of alkyl carbamates (subject to hydrolysis) is 1. The van der Waals surface area contributed by atoms with E-state index >= 15 is 0 Å². The van der Waals surface area contributed by atoms with E-state index in [2.05, 4.69) is 31.2 Å². The normalized spacial score (nSPS) is 14.8. The zero-order chi connectivity index (χ0) is 21.1. The number of nitrogens with zero attached hydrogens (tertiary/aromatic N) is 3. The molecule has 1 aromatic rings. The molecule has 0 unspecified atom stereocenters. The van der Waals surface area contributed by atoms with E-state index in [-0.39, 0.29) is 6.09 Å². The Morgan fingerprint density at radius 2 is 2.00 bits per heavy atom. The first kappa shape index (κ1) is 23.3. The monoisotopic (exact) mass is 424 g/mol. The summed E-state index contributed by atoms with van der Waals surface area (Å²) < 4.78 is 5.21. The molecule has 1 aliphatic rings. The van der Waals surface area contributed by atoms with Gasteiger partial charge in [0.1, 0.15) is 5.60 Å².